The van der Waals surface area contributed by atoms with Crippen LogP contribution in [0.1, 0.15) is 140 Å². The van der Waals surface area contributed by atoms with Crippen LogP contribution < -0.4 is 44.1 Å². The predicted octanol–water partition coefficient (Wildman–Crippen LogP) is 19.4. The molecule has 1 atom stereocenters. The Morgan fingerprint density at radius 3 is 0.878 bits per heavy atom. The molecule has 1 unspecified atom stereocenters. The number of para-hydroxylation sites is 7. The van der Waals surface area contributed by atoms with E-state index in [0.29, 0.717) is 67.5 Å². The fourth-order valence-corrected chi connectivity index (χ4v) is 19.4. The number of hydrogen-bond donors (Lipinski definition) is 0. The van der Waals surface area contributed by atoms with E-state index in [4.69, 9.17) is 0 Å². The molecule has 0 spiro atoms. The molecule has 0 fully saturated rings. The van der Waals surface area contributed by atoms with Crippen molar-refractivity contribution in [3.8, 4) is 0 Å². The Bertz CT molecular complexity index is 4510. The van der Waals surface area contributed by atoms with Crippen molar-refractivity contribution in [2.24, 2.45) is 0 Å². The molecule has 6 aliphatic rings. The van der Waals surface area contributed by atoms with Gasteiger partial charge in [0.2, 0.25) is 0 Å². The number of fused-ring (bicyclic) bond motifs is 24. The summed E-state index contributed by atoms with van der Waals surface area (Å²) in [5.41, 5.74) is 14.8. The molecule has 0 saturated carbocycles. The molecule has 0 aromatic heterocycles. The van der Waals surface area contributed by atoms with E-state index in [0.717, 1.165) is 73.4 Å². The standard InChI is InChI=1S/C79H81N9.2Pt/c1-53-49-83(69-26-18-17-25-68(53)69)60-37-54(76(2,3)4)41-64(45-60)87(65-42-55(77(5,6)7)38-61(46-65)84-50-80(14)70-27-19-22-30-73(70)84)58-33-35-59(36-34-58)88(66-43-56(78(8,9)10)39-62(47-66)85-51-81(15)71-28-20-23-31-74(71)85)67-44-57(79(11,12)13)40-63(48-67)86-52-82(16)72-29-21-24-32-75(72)86;;/h17-48,53H,1-16H3;;/i1D3,14D3,15D3,16D3;;. The first-order valence-electron chi connectivity index (χ1n) is 36.6. The van der Waals surface area contributed by atoms with Gasteiger partial charge in [0.1, 0.15) is 0 Å². The predicted molar refractivity (Wildman–Crippen MR) is 379 cm³/mol. The summed E-state index contributed by atoms with van der Waals surface area (Å²) in [5.74, 6) is -1.05. The van der Waals surface area contributed by atoms with Crippen molar-refractivity contribution in [1.82, 2.24) is 0 Å². The molecule has 0 radical (unpaired) electrons. The SMILES string of the molecule is [2H]C([2H])([2H])C1[C]2=[Pt]=[C]3N(c4cc(cc(C(C)(C)C)c4)N(c4ccc(N5c6cc(cc(C(C)(C)C)c6)N6[C](=[Pt]=[C]7N(c8cc5cc(C(C)(C)C)c8)c5ccccc5N7C([2H])([2H])[2H])N(C([2H])([2H])[2H])c5ccccc56)cc4)c4cc(cc(C(C)(C)C)c4)N2c2ccccc21)c1ccccc1N3C([2H])([2H])[2H]. The molecular formula is C79H81N9Pt2. The van der Waals surface area contributed by atoms with Crippen molar-refractivity contribution in [2.45, 2.75) is 118 Å². The maximum atomic E-state index is 9.42. The summed E-state index contributed by atoms with van der Waals surface area (Å²) in [6, 6.07) is 65.1. The second-order valence-electron chi connectivity index (χ2n) is 28.1. The quantitative estimate of drug-likeness (QED) is 0.168. The van der Waals surface area contributed by atoms with Crippen LogP contribution in [0.4, 0.5) is 96.7 Å². The molecule has 11 heteroatoms. The molecule has 0 amide bonds. The third-order valence-electron chi connectivity index (χ3n) is 17.8. The molecule has 6 aliphatic heterocycles. The molecule has 90 heavy (non-hydrogen) atoms. The van der Waals surface area contributed by atoms with E-state index in [1.54, 1.807) is 0 Å². The number of nitrogens with zero attached hydrogens (tertiary/aromatic N) is 9. The summed E-state index contributed by atoms with van der Waals surface area (Å²) in [5, 5.41) is 0. The van der Waals surface area contributed by atoms with Gasteiger partial charge in [-0.3, -0.25) is 0 Å². The first-order valence-corrected chi connectivity index (χ1v) is 35.1. The third-order valence-corrected chi connectivity index (χ3v) is 24.1. The van der Waals surface area contributed by atoms with E-state index in [1.165, 1.54) is 14.7 Å². The zero-order chi connectivity index (χ0) is 72.8. The average Bonchev–Trinajstić information content (AvgIpc) is 1.55. The third kappa shape index (κ3) is 9.45. The fourth-order valence-electron chi connectivity index (χ4n) is 12.9. The van der Waals surface area contributed by atoms with Crippen LogP contribution in [0.3, 0.4) is 0 Å². The molecule has 9 aromatic carbocycles. The Labute approximate surface area is 566 Å². The van der Waals surface area contributed by atoms with Gasteiger partial charge in [-0.2, -0.15) is 0 Å². The van der Waals surface area contributed by atoms with E-state index < -0.39 is 90.6 Å². The summed E-state index contributed by atoms with van der Waals surface area (Å²) >= 11 is -3.39. The number of hydrogen-bond acceptors (Lipinski definition) is 9. The molecule has 0 saturated heterocycles. The van der Waals surface area contributed by atoms with Crippen molar-refractivity contribution in [3.63, 3.8) is 0 Å². The van der Waals surface area contributed by atoms with Crippen LogP contribution in [0.15, 0.2) is 194 Å². The van der Waals surface area contributed by atoms with Crippen LogP contribution in [-0.4, -0.2) is 37.4 Å². The molecule has 6 heterocycles. The molecule has 0 aliphatic carbocycles. The zero-order valence-electron chi connectivity index (χ0n) is 64.7. The Morgan fingerprint density at radius 1 is 0.289 bits per heavy atom. The first kappa shape index (κ1) is 46.2. The minimum absolute atomic E-state index is 0.435. The molecule has 9 nitrogen and oxygen atoms in total. The van der Waals surface area contributed by atoms with Gasteiger partial charge in [0.25, 0.3) is 0 Å². The van der Waals surface area contributed by atoms with Crippen LogP contribution in [0, 0.1) is 0 Å². The average molecular weight is 1560 g/mol. The summed E-state index contributed by atoms with van der Waals surface area (Å²) in [4.78, 5) is 17.3. The number of anilines is 17. The van der Waals surface area contributed by atoms with E-state index in [-0.39, 0.29) is 0 Å². The van der Waals surface area contributed by atoms with Gasteiger partial charge >= 0.3 is 569 Å². The van der Waals surface area contributed by atoms with Crippen molar-refractivity contribution in [1.29, 1.82) is 0 Å². The monoisotopic (exact) mass is 1560 g/mol. The van der Waals surface area contributed by atoms with Crippen LogP contribution in [-0.2, 0) is 56.9 Å². The van der Waals surface area contributed by atoms with E-state index in [2.05, 4.69) is 210 Å². The van der Waals surface area contributed by atoms with Crippen molar-refractivity contribution < 1.29 is 51.7 Å². The summed E-state index contributed by atoms with van der Waals surface area (Å²) < 4.78 is 114. The Hall–Kier alpha value is -7.96. The summed E-state index contributed by atoms with van der Waals surface area (Å²) in [6.45, 7) is 15.6. The van der Waals surface area contributed by atoms with E-state index >= 15 is 0 Å². The van der Waals surface area contributed by atoms with E-state index in [9.17, 15) is 16.4 Å². The normalized spacial score (nSPS) is 19.6. The molecule has 9 aromatic rings. The molecule has 8 bridgehead atoms. The van der Waals surface area contributed by atoms with Crippen LogP contribution in [0.25, 0.3) is 0 Å². The fraction of sp³-hybridized carbons (Fsp3) is 0.266. The summed E-state index contributed by atoms with van der Waals surface area (Å²) in [7, 11) is 0. The number of rotatable bonds is 2. The van der Waals surface area contributed by atoms with Gasteiger partial charge in [0.05, 0.1) is 0 Å². The topological polar surface area (TPSA) is 29.2 Å². The number of benzene rings is 9. The van der Waals surface area contributed by atoms with Gasteiger partial charge in [-0.1, -0.05) is 0 Å². The first-order chi connectivity index (χ1) is 47.6. The summed E-state index contributed by atoms with van der Waals surface area (Å²) in [6.07, 6.45) is 0. The zero-order valence-corrected chi connectivity index (χ0v) is 57.3. The molecule has 15 rings (SSSR count). The van der Waals surface area contributed by atoms with Gasteiger partial charge < -0.3 is 0 Å². The van der Waals surface area contributed by atoms with E-state index in [1.807, 2.05) is 97.1 Å². The van der Waals surface area contributed by atoms with Crippen molar-refractivity contribution >= 4 is 113 Å². The van der Waals surface area contributed by atoms with Gasteiger partial charge in [-0.25, -0.2) is 0 Å². The second-order valence-corrected chi connectivity index (χ2v) is 33.5. The van der Waals surface area contributed by atoms with Gasteiger partial charge in [-0.15, -0.1) is 0 Å². The van der Waals surface area contributed by atoms with Crippen LogP contribution >= 0.6 is 0 Å². The van der Waals surface area contributed by atoms with Gasteiger partial charge in [-0.05, 0) is 0 Å². The van der Waals surface area contributed by atoms with Gasteiger partial charge in [0, 0.05) is 0 Å². The Morgan fingerprint density at radius 2 is 0.567 bits per heavy atom. The Kier molecular flexibility index (Phi) is 10.7. The maximum absolute atomic E-state index is 9.42. The van der Waals surface area contributed by atoms with Crippen LogP contribution in [0.5, 0.6) is 0 Å². The van der Waals surface area contributed by atoms with Gasteiger partial charge in [0.15, 0.2) is 0 Å². The Balaban J connectivity index is 1.03. The molecule has 462 valence electrons. The molecule has 0 N–H and O–H groups in total. The van der Waals surface area contributed by atoms with Crippen molar-refractivity contribution in [3.05, 3.63) is 222 Å². The van der Waals surface area contributed by atoms with Crippen LogP contribution in [0.2, 0.25) is 0 Å². The minimum atomic E-state index is -2.68. The van der Waals surface area contributed by atoms with Crippen molar-refractivity contribution in [2.75, 3.05) is 65.0 Å². The molecular weight excluding hydrogens is 1470 g/mol. The second kappa shape index (κ2) is 20.8.